The van der Waals surface area contributed by atoms with Crippen LogP contribution in [0.4, 0.5) is 0 Å². The number of carboxylic acids is 1. The van der Waals surface area contributed by atoms with Crippen LogP contribution in [-0.4, -0.2) is 24.1 Å². The molecule has 128 valence electrons. The van der Waals surface area contributed by atoms with Gasteiger partial charge in [0.2, 0.25) is 10.0 Å². The predicted octanol–water partition coefficient (Wildman–Crippen LogP) is 2.87. The highest BCUT2D eigenvalue weighted by atomic mass is 79.9. The number of nitrogens with one attached hydrogen (secondary N) is 1. The molecule has 4 rings (SSSR count). The van der Waals surface area contributed by atoms with Gasteiger partial charge in [-0.3, -0.25) is 4.79 Å². The molecule has 2 heterocycles. The molecule has 25 heavy (non-hydrogen) atoms. The molecule has 2 aromatic carbocycles. The Labute approximate surface area is 152 Å². The van der Waals surface area contributed by atoms with Gasteiger partial charge in [0.15, 0.2) is 0 Å². The fourth-order valence-electron chi connectivity index (χ4n) is 3.28. The van der Waals surface area contributed by atoms with Crippen LogP contribution in [0.2, 0.25) is 0 Å². The van der Waals surface area contributed by atoms with Crippen molar-refractivity contribution < 1.29 is 18.3 Å². The van der Waals surface area contributed by atoms with Crippen molar-refractivity contribution >= 4 is 42.8 Å². The highest BCUT2D eigenvalue weighted by Gasteiger charge is 2.36. The maximum Gasteiger partial charge on any atom is 0.323 e. The Morgan fingerprint density at radius 2 is 1.96 bits per heavy atom. The van der Waals surface area contributed by atoms with Crippen molar-refractivity contribution in [3.63, 3.8) is 0 Å². The van der Waals surface area contributed by atoms with Crippen LogP contribution in [-0.2, 0) is 21.4 Å². The van der Waals surface area contributed by atoms with Crippen molar-refractivity contribution in [2.24, 2.45) is 0 Å². The van der Waals surface area contributed by atoms with Gasteiger partial charge in [-0.15, -0.1) is 0 Å². The van der Waals surface area contributed by atoms with Crippen LogP contribution in [0.3, 0.4) is 0 Å². The summed E-state index contributed by atoms with van der Waals surface area (Å²) in [5.41, 5.74) is 2.13. The zero-order valence-electron chi connectivity index (χ0n) is 12.8. The number of halogens is 1. The number of hydrogen-bond donors (Lipinski definition) is 2. The summed E-state index contributed by atoms with van der Waals surface area (Å²) in [5, 5.41) is 9.96. The number of aromatic nitrogens is 1. The van der Waals surface area contributed by atoms with Crippen molar-refractivity contribution in [2.75, 3.05) is 0 Å². The lowest BCUT2D eigenvalue weighted by Crippen LogP contribution is -2.20. The normalized spacial score (nSPS) is 18.4. The fraction of sp³-hybridized carbons (Fsp3) is 0.118. The maximum atomic E-state index is 12.4. The average Bonchev–Trinajstić information content (AvgIpc) is 3.02. The number of carbonyl (C=O) groups is 1. The molecule has 2 N–H and O–H groups in total. The molecule has 0 bridgehead atoms. The van der Waals surface area contributed by atoms with Gasteiger partial charge in [-0.1, -0.05) is 34.1 Å². The number of nitrogens with zero attached hydrogens (tertiary/aromatic N) is 1. The fourth-order valence-corrected chi connectivity index (χ4v) is 5.09. The van der Waals surface area contributed by atoms with Gasteiger partial charge >= 0.3 is 5.97 Å². The molecular formula is C17H13BrN2O4S. The van der Waals surface area contributed by atoms with E-state index in [2.05, 4.69) is 20.7 Å². The van der Waals surface area contributed by atoms with E-state index in [0.29, 0.717) is 5.56 Å². The van der Waals surface area contributed by atoms with Crippen molar-refractivity contribution in [3.05, 3.63) is 64.3 Å². The van der Waals surface area contributed by atoms with Crippen LogP contribution in [0, 0.1) is 0 Å². The Morgan fingerprint density at radius 3 is 2.72 bits per heavy atom. The summed E-state index contributed by atoms with van der Waals surface area (Å²) in [6.07, 6.45) is 1.71. The van der Waals surface area contributed by atoms with E-state index in [9.17, 15) is 13.2 Å². The Balaban J connectivity index is 1.96. The summed E-state index contributed by atoms with van der Waals surface area (Å²) >= 11 is 3.43. The molecule has 1 atom stereocenters. The van der Waals surface area contributed by atoms with E-state index in [4.69, 9.17) is 5.11 Å². The van der Waals surface area contributed by atoms with E-state index in [0.717, 1.165) is 20.9 Å². The SMILES string of the molecule is O=C(O)Cn1cc(C2NS(=O)(=O)c3ccccc32)c2cc(Br)ccc21. The molecule has 0 aliphatic carbocycles. The third-order valence-electron chi connectivity index (χ3n) is 4.28. The van der Waals surface area contributed by atoms with E-state index in [1.807, 2.05) is 18.2 Å². The lowest BCUT2D eigenvalue weighted by atomic mass is 9.99. The number of sulfonamides is 1. The minimum atomic E-state index is -3.58. The summed E-state index contributed by atoms with van der Waals surface area (Å²) in [6.45, 7) is -0.195. The topological polar surface area (TPSA) is 88.4 Å². The van der Waals surface area contributed by atoms with Gasteiger partial charge in [0.25, 0.3) is 0 Å². The van der Waals surface area contributed by atoms with Crippen molar-refractivity contribution in [1.29, 1.82) is 0 Å². The largest absolute Gasteiger partial charge is 0.480 e. The molecule has 1 aliphatic rings. The van der Waals surface area contributed by atoms with Crippen LogP contribution < -0.4 is 4.72 Å². The first-order valence-corrected chi connectivity index (χ1v) is 9.76. The molecular weight excluding hydrogens is 408 g/mol. The Bertz CT molecular complexity index is 1120. The summed E-state index contributed by atoms with van der Waals surface area (Å²) in [6, 6.07) is 11.8. The van der Waals surface area contributed by atoms with Gasteiger partial charge in [-0.2, -0.15) is 4.72 Å². The van der Waals surface area contributed by atoms with Crippen LogP contribution in [0.15, 0.2) is 58.0 Å². The third-order valence-corrected chi connectivity index (χ3v) is 6.27. The summed E-state index contributed by atoms with van der Waals surface area (Å²) in [5.74, 6) is -0.959. The zero-order valence-corrected chi connectivity index (χ0v) is 15.2. The molecule has 0 saturated carbocycles. The smallest absolute Gasteiger partial charge is 0.323 e. The van der Waals surface area contributed by atoms with Crippen molar-refractivity contribution in [2.45, 2.75) is 17.5 Å². The number of aliphatic carboxylic acids is 1. The highest BCUT2D eigenvalue weighted by Crippen LogP contribution is 2.39. The molecule has 0 radical (unpaired) electrons. The van der Waals surface area contributed by atoms with Crippen molar-refractivity contribution in [3.8, 4) is 0 Å². The minimum Gasteiger partial charge on any atom is -0.480 e. The Kier molecular flexibility index (Phi) is 3.71. The molecule has 1 aromatic heterocycles. The first-order valence-electron chi connectivity index (χ1n) is 7.48. The van der Waals surface area contributed by atoms with Crippen molar-refractivity contribution in [1.82, 2.24) is 9.29 Å². The zero-order chi connectivity index (χ0) is 17.8. The quantitative estimate of drug-likeness (QED) is 0.681. The number of hydrogen-bond acceptors (Lipinski definition) is 3. The van der Waals surface area contributed by atoms with Crippen LogP contribution in [0.25, 0.3) is 10.9 Å². The summed E-state index contributed by atoms with van der Waals surface area (Å²) in [4.78, 5) is 11.4. The highest BCUT2D eigenvalue weighted by molar-refractivity contribution is 9.10. The van der Waals surface area contributed by atoms with Gasteiger partial charge in [-0.05, 0) is 29.8 Å². The lowest BCUT2D eigenvalue weighted by molar-refractivity contribution is -0.137. The van der Waals surface area contributed by atoms with Gasteiger partial charge < -0.3 is 9.67 Å². The molecule has 8 heteroatoms. The van der Waals surface area contributed by atoms with E-state index in [-0.39, 0.29) is 11.4 Å². The van der Waals surface area contributed by atoms with Gasteiger partial charge in [0.05, 0.1) is 10.9 Å². The van der Waals surface area contributed by atoms with Crippen LogP contribution in [0.1, 0.15) is 17.2 Å². The minimum absolute atomic E-state index is 0.195. The first kappa shape index (κ1) is 16.3. The second kappa shape index (κ2) is 5.69. The second-order valence-corrected chi connectivity index (χ2v) is 8.46. The molecule has 0 fully saturated rings. The third kappa shape index (κ3) is 2.66. The molecule has 6 nitrogen and oxygen atoms in total. The van der Waals surface area contributed by atoms with E-state index in [1.165, 1.54) is 0 Å². The average molecular weight is 421 g/mol. The summed E-state index contributed by atoms with van der Waals surface area (Å²) < 4.78 is 29.9. The molecule has 0 saturated heterocycles. The molecule has 0 amide bonds. The lowest BCUT2D eigenvalue weighted by Gasteiger charge is -2.09. The standard InChI is InChI=1S/C17H13BrN2O4S/c18-10-5-6-14-12(7-10)13(8-20(14)9-16(21)22)17-11-3-1-2-4-15(11)25(23,24)19-17/h1-8,17,19H,9H2,(H,21,22). The summed E-state index contributed by atoms with van der Waals surface area (Å²) in [7, 11) is -3.58. The number of fused-ring (bicyclic) bond motifs is 2. The number of benzene rings is 2. The monoisotopic (exact) mass is 420 g/mol. The molecule has 3 aromatic rings. The predicted molar refractivity (Wildman–Crippen MR) is 95.9 cm³/mol. The van der Waals surface area contributed by atoms with E-state index in [1.54, 1.807) is 35.0 Å². The Morgan fingerprint density at radius 1 is 1.20 bits per heavy atom. The number of carboxylic acid groups (broad SMARTS) is 1. The van der Waals surface area contributed by atoms with Crippen LogP contribution in [0.5, 0.6) is 0 Å². The maximum absolute atomic E-state index is 12.4. The van der Waals surface area contributed by atoms with Gasteiger partial charge in [-0.25, -0.2) is 8.42 Å². The van der Waals surface area contributed by atoms with Crippen LogP contribution >= 0.6 is 15.9 Å². The molecule has 1 unspecified atom stereocenters. The molecule has 0 spiro atoms. The number of rotatable bonds is 3. The van der Waals surface area contributed by atoms with Gasteiger partial charge in [0.1, 0.15) is 6.54 Å². The van der Waals surface area contributed by atoms with Gasteiger partial charge in [0, 0.05) is 27.1 Å². The second-order valence-electron chi connectivity index (χ2n) is 5.86. The Hall–Kier alpha value is -2.16. The molecule has 1 aliphatic heterocycles. The van der Waals surface area contributed by atoms with E-state index < -0.39 is 22.0 Å². The first-order chi connectivity index (χ1) is 11.9. The van der Waals surface area contributed by atoms with E-state index >= 15 is 0 Å².